The molecule has 3 N–H and O–H groups in total. The van der Waals surface area contributed by atoms with Gasteiger partial charge in [-0.05, 0) is 18.1 Å². The number of amides is 2. The van der Waals surface area contributed by atoms with Crippen molar-refractivity contribution >= 4 is 11.7 Å². The van der Waals surface area contributed by atoms with Gasteiger partial charge in [0.15, 0.2) is 0 Å². The van der Waals surface area contributed by atoms with Crippen molar-refractivity contribution in [3.63, 3.8) is 0 Å². The van der Waals surface area contributed by atoms with Crippen LogP contribution < -0.4 is 10.6 Å². The summed E-state index contributed by atoms with van der Waals surface area (Å²) in [6.45, 7) is 8.18. The van der Waals surface area contributed by atoms with E-state index in [1.807, 2.05) is 58.0 Å². The average Bonchev–Trinajstić information content (AvgIpc) is 3.01. The van der Waals surface area contributed by atoms with Gasteiger partial charge < -0.3 is 15.7 Å². The van der Waals surface area contributed by atoms with Gasteiger partial charge in [-0.2, -0.15) is 5.10 Å². The van der Waals surface area contributed by atoms with E-state index < -0.39 is 11.5 Å². The van der Waals surface area contributed by atoms with Crippen molar-refractivity contribution < 1.29 is 9.90 Å². The normalized spacial score (nSPS) is 12.9. The second-order valence-corrected chi connectivity index (χ2v) is 6.99. The van der Waals surface area contributed by atoms with E-state index in [9.17, 15) is 9.90 Å². The highest BCUT2D eigenvalue weighted by atomic mass is 16.3. The second kappa shape index (κ2) is 7.49. The molecule has 1 atom stereocenters. The third kappa shape index (κ3) is 4.58. The number of rotatable bonds is 6. The molecule has 6 heteroatoms. The van der Waals surface area contributed by atoms with Crippen LogP contribution in [0.5, 0.6) is 0 Å². The summed E-state index contributed by atoms with van der Waals surface area (Å²) in [7, 11) is 0. The zero-order chi connectivity index (χ0) is 17.7. The van der Waals surface area contributed by atoms with Crippen LogP contribution in [0.15, 0.2) is 42.7 Å². The minimum absolute atomic E-state index is 0.133. The summed E-state index contributed by atoms with van der Waals surface area (Å²) in [5, 5.41) is 20.0. The summed E-state index contributed by atoms with van der Waals surface area (Å²) < 4.78 is 1.70. The van der Waals surface area contributed by atoms with Crippen molar-refractivity contribution in [1.29, 1.82) is 0 Å². The first-order chi connectivity index (χ1) is 11.3. The maximum Gasteiger partial charge on any atom is 0.319 e. The van der Waals surface area contributed by atoms with Crippen molar-refractivity contribution in [1.82, 2.24) is 15.1 Å². The number of para-hydroxylation sites is 1. The number of hydrogen-bond donors (Lipinski definition) is 3. The summed E-state index contributed by atoms with van der Waals surface area (Å²) in [4.78, 5) is 12.1. The van der Waals surface area contributed by atoms with E-state index in [-0.39, 0.29) is 11.9 Å². The molecule has 0 aliphatic rings. The maximum absolute atomic E-state index is 12.1. The number of nitrogens with zero attached hydrogens (tertiary/aromatic N) is 2. The molecule has 0 bridgehead atoms. The zero-order valence-corrected chi connectivity index (χ0v) is 14.7. The van der Waals surface area contributed by atoms with Crippen molar-refractivity contribution in [3.8, 4) is 5.69 Å². The van der Waals surface area contributed by atoms with Crippen LogP contribution >= 0.6 is 0 Å². The van der Waals surface area contributed by atoms with Crippen LogP contribution in [0.25, 0.3) is 5.69 Å². The Balaban J connectivity index is 1.90. The Kier molecular flexibility index (Phi) is 5.62. The lowest BCUT2D eigenvalue weighted by atomic mass is 9.81. The molecule has 0 aliphatic carbocycles. The minimum atomic E-state index is -0.487. The SMILES string of the molecule is CC(C)C(O)C(C)(C)CNC(=O)Nc1cnn(-c2ccccc2)c1. The van der Waals surface area contributed by atoms with E-state index in [1.54, 1.807) is 17.1 Å². The van der Waals surface area contributed by atoms with Gasteiger partial charge in [0, 0.05) is 12.0 Å². The van der Waals surface area contributed by atoms with E-state index >= 15 is 0 Å². The molecule has 2 aromatic rings. The molecule has 2 rings (SSSR count). The van der Waals surface area contributed by atoms with E-state index in [2.05, 4.69) is 15.7 Å². The molecule has 6 nitrogen and oxygen atoms in total. The second-order valence-electron chi connectivity index (χ2n) is 6.99. The first kappa shape index (κ1) is 18.0. The van der Waals surface area contributed by atoms with Crippen LogP contribution in [0.1, 0.15) is 27.7 Å². The molecular formula is C18H26N4O2. The van der Waals surface area contributed by atoms with Crippen molar-refractivity contribution in [2.45, 2.75) is 33.8 Å². The van der Waals surface area contributed by atoms with Gasteiger partial charge in [-0.1, -0.05) is 45.9 Å². The number of hydrogen-bond acceptors (Lipinski definition) is 3. The Bertz CT molecular complexity index is 665. The van der Waals surface area contributed by atoms with Gasteiger partial charge in [-0.25, -0.2) is 9.48 Å². The largest absolute Gasteiger partial charge is 0.392 e. The molecular weight excluding hydrogens is 304 g/mol. The van der Waals surface area contributed by atoms with E-state index in [0.29, 0.717) is 12.2 Å². The number of carbonyl (C=O) groups excluding carboxylic acids is 1. The fraction of sp³-hybridized carbons (Fsp3) is 0.444. The number of anilines is 1. The number of aliphatic hydroxyl groups is 1. The highest BCUT2D eigenvalue weighted by molar-refractivity contribution is 5.88. The highest BCUT2D eigenvalue weighted by Gasteiger charge is 2.30. The molecule has 0 saturated carbocycles. The predicted octanol–water partition coefficient (Wildman–Crippen LogP) is 3.04. The smallest absolute Gasteiger partial charge is 0.319 e. The lowest BCUT2D eigenvalue weighted by molar-refractivity contribution is 0.0154. The van der Waals surface area contributed by atoms with Crippen molar-refractivity contribution in [2.24, 2.45) is 11.3 Å². The maximum atomic E-state index is 12.1. The van der Waals surface area contributed by atoms with Crippen molar-refractivity contribution in [2.75, 3.05) is 11.9 Å². The Hall–Kier alpha value is -2.34. The molecule has 0 aliphatic heterocycles. The van der Waals surface area contributed by atoms with E-state index in [1.165, 1.54) is 0 Å². The van der Waals surface area contributed by atoms with Gasteiger partial charge in [-0.3, -0.25) is 0 Å². The molecule has 2 amide bonds. The first-order valence-corrected chi connectivity index (χ1v) is 8.12. The summed E-state index contributed by atoms with van der Waals surface area (Å²) in [5.41, 5.74) is 1.13. The molecule has 1 aromatic heterocycles. The number of nitrogens with one attached hydrogen (secondary N) is 2. The standard InChI is InChI=1S/C18H26N4O2/c1-13(2)16(23)18(3,4)12-19-17(24)21-14-10-20-22(11-14)15-8-6-5-7-9-15/h5-11,13,16,23H,12H2,1-4H3,(H2,19,21,24). The molecule has 1 aromatic carbocycles. The molecule has 0 fully saturated rings. The van der Waals surface area contributed by atoms with Gasteiger partial charge in [-0.15, -0.1) is 0 Å². The molecule has 0 saturated heterocycles. The first-order valence-electron chi connectivity index (χ1n) is 8.12. The zero-order valence-electron chi connectivity index (χ0n) is 14.7. The molecule has 1 heterocycles. The number of urea groups is 1. The third-order valence-corrected chi connectivity index (χ3v) is 4.00. The Morgan fingerprint density at radius 1 is 1.29 bits per heavy atom. The van der Waals surface area contributed by atoms with Crippen LogP contribution in [-0.4, -0.2) is 33.6 Å². The van der Waals surface area contributed by atoms with Crippen LogP contribution in [0.3, 0.4) is 0 Å². The number of benzene rings is 1. The lowest BCUT2D eigenvalue weighted by Crippen LogP contribution is -2.44. The topological polar surface area (TPSA) is 79.2 Å². The summed E-state index contributed by atoms with van der Waals surface area (Å²) in [6, 6.07) is 9.36. The highest BCUT2D eigenvalue weighted by Crippen LogP contribution is 2.25. The Morgan fingerprint density at radius 3 is 2.58 bits per heavy atom. The minimum Gasteiger partial charge on any atom is -0.392 e. The van der Waals surface area contributed by atoms with Crippen LogP contribution in [0, 0.1) is 11.3 Å². The molecule has 0 spiro atoms. The van der Waals surface area contributed by atoms with E-state index in [0.717, 1.165) is 5.69 Å². The van der Waals surface area contributed by atoms with Gasteiger partial charge in [0.25, 0.3) is 0 Å². The van der Waals surface area contributed by atoms with Gasteiger partial charge in [0.1, 0.15) is 0 Å². The predicted molar refractivity (Wildman–Crippen MR) is 95.2 cm³/mol. The average molecular weight is 330 g/mol. The van der Waals surface area contributed by atoms with Crippen LogP contribution in [0.2, 0.25) is 0 Å². The van der Waals surface area contributed by atoms with Gasteiger partial charge in [0.2, 0.25) is 0 Å². The molecule has 1 unspecified atom stereocenters. The third-order valence-electron chi connectivity index (χ3n) is 4.00. The number of carbonyl (C=O) groups is 1. The summed E-state index contributed by atoms with van der Waals surface area (Å²) in [5.74, 6) is 0.133. The van der Waals surface area contributed by atoms with Gasteiger partial charge >= 0.3 is 6.03 Å². The van der Waals surface area contributed by atoms with E-state index in [4.69, 9.17) is 0 Å². The quantitative estimate of drug-likeness (QED) is 0.761. The number of aliphatic hydroxyl groups excluding tert-OH is 1. The van der Waals surface area contributed by atoms with Gasteiger partial charge in [0.05, 0.1) is 29.9 Å². The van der Waals surface area contributed by atoms with Crippen molar-refractivity contribution in [3.05, 3.63) is 42.7 Å². The lowest BCUT2D eigenvalue weighted by Gasteiger charge is -2.33. The Morgan fingerprint density at radius 2 is 1.96 bits per heavy atom. The Labute approximate surface area is 142 Å². The summed E-state index contributed by atoms with van der Waals surface area (Å²) >= 11 is 0. The van der Waals surface area contributed by atoms with Crippen LogP contribution in [0.4, 0.5) is 10.5 Å². The summed E-state index contributed by atoms with van der Waals surface area (Å²) in [6.07, 6.45) is 2.86. The fourth-order valence-corrected chi connectivity index (χ4v) is 2.60. The fourth-order valence-electron chi connectivity index (χ4n) is 2.60. The molecule has 130 valence electrons. The van der Waals surface area contributed by atoms with Crippen LogP contribution in [-0.2, 0) is 0 Å². The number of aromatic nitrogens is 2. The molecule has 24 heavy (non-hydrogen) atoms. The monoisotopic (exact) mass is 330 g/mol. The molecule has 0 radical (unpaired) electrons.